The second-order valence-electron chi connectivity index (χ2n) is 6.76. The fourth-order valence-corrected chi connectivity index (χ4v) is 3.38. The van der Waals surface area contributed by atoms with Gasteiger partial charge in [-0.3, -0.25) is 14.9 Å². The Bertz CT molecular complexity index is 905. The number of rotatable bonds is 4. The van der Waals surface area contributed by atoms with Crippen LogP contribution in [0, 0.1) is 0 Å². The number of carbonyl (C=O) groups excluding carboxylic acids is 2. The third-order valence-corrected chi connectivity index (χ3v) is 5.02. The maximum atomic E-state index is 12.5. The monoisotopic (exact) mass is 427 g/mol. The Morgan fingerprint density at radius 2 is 1.62 bits per heavy atom. The minimum atomic E-state index is -0.339. The van der Waals surface area contributed by atoms with Crippen molar-refractivity contribution in [2.45, 2.75) is 19.3 Å². The first-order valence-corrected chi connectivity index (χ1v) is 10.2. The molecule has 1 aliphatic heterocycles. The molecule has 0 aliphatic carbocycles. The van der Waals surface area contributed by atoms with E-state index in [2.05, 4.69) is 10.6 Å². The summed E-state index contributed by atoms with van der Waals surface area (Å²) in [4.78, 5) is 26.4. The molecule has 2 aromatic carbocycles. The zero-order valence-electron chi connectivity index (χ0n) is 15.9. The number of hydrogen-bond acceptors (Lipinski definition) is 3. The van der Waals surface area contributed by atoms with Crippen LogP contribution in [-0.4, -0.2) is 34.9 Å². The standard InChI is InChI=1S/C22H22ClN3O2S/c23-18-9-4-16(5-10-18)6-13-20(27)25-22(29)24-19-11-7-17(8-12-19)21(28)26-14-2-1-3-15-26/h4-13H,1-3,14-15H2,(H2,24,25,27,29)/b13-6+. The lowest BCUT2D eigenvalue weighted by Crippen LogP contribution is -2.35. The summed E-state index contributed by atoms with van der Waals surface area (Å²) in [6.07, 6.45) is 6.38. The quantitative estimate of drug-likeness (QED) is 0.557. The van der Waals surface area contributed by atoms with Gasteiger partial charge < -0.3 is 10.2 Å². The number of likely N-dealkylation sites (tertiary alicyclic amines) is 1. The molecule has 29 heavy (non-hydrogen) atoms. The molecule has 0 spiro atoms. The molecule has 0 radical (unpaired) electrons. The number of hydrogen-bond donors (Lipinski definition) is 2. The highest BCUT2D eigenvalue weighted by Crippen LogP contribution is 2.15. The van der Waals surface area contributed by atoms with Crippen molar-refractivity contribution in [1.29, 1.82) is 0 Å². The zero-order valence-corrected chi connectivity index (χ0v) is 17.4. The number of nitrogens with zero attached hydrogens (tertiary/aromatic N) is 1. The van der Waals surface area contributed by atoms with Crippen LogP contribution in [0.1, 0.15) is 35.2 Å². The van der Waals surface area contributed by atoms with Gasteiger partial charge in [0.25, 0.3) is 5.91 Å². The molecule has 1 saturated heterocycles. The fourth-order valence-electron chi connectivity index (χ4n) is 3.04. The summed E-state index contributed by atoms with van der Waals surface area (Å²) < 4.78 is 0. The van der Waals surface area contributed by atoms with Gasteiger partial charge in [-0.2, -0.15) is 0 Å². The number of halogens is 1. The molecular weight excluding hydrogens is 406 g/mol. The predicted octanol–water partition coefficient (Wildman–Crippen LogP) is 4.49. The van der Waals surface area contributed by atoms with Gasteiger partial charge in [-0.05, 0) is 79.5 Å². The molecule has 1 fully saturated rings. The molecule has 2 N–H and O–H groups in total. The normalized spacial score (nSPS) is 13.9. The number of thiocarbonyl (C=S) groups is 1. The van der Waals surface area contributed by atoms with Crippen LogP contribution in [0.4, 0.5) is 5.69 Å². The number of amides is 2. The molecule has 150 valence electrons. The molecule has 0 aromatic heterocycles. The molecule has 7 heteroatoms. The Balaban J connectivity index is 1.50. The van der Waals surface area contributed by atoms with Crippen LogP contribution >= 0.6 is 23.8 Å². The molecular formula is C22H22ClN3O2S. The molecule has 1 heterocycles. The number of benzene rings is 2. The number of nitrogens with one attached hydrogen (secondary N) is 2. The van der Waals surface area contributed by atoms with E-state index in [1.807, 2.05) is 17.0 Å². The Morgan fingerprint density at radius 3 is 2.28 bits per heavy atom. The first-order valence-electron chi connectivity index (χ1n) is 9.46. The van der Waals surface area contributed by atoms with Crippen LogP contribution < -0.4 is 10.6 Å². The van der Waals surface area contributed by atoms with E-state index in [0.29, 0.717) is 16.3 Å². The molecule has 0 saturated carbocycles. The van der Waals surface area contributed by atoms with Gasteiger partial charge in [-0.1, -0.05) is 23.7 Å². The van der Waals surface area contributed by atoms with Crippen LogP contribution in [0.5, 0.6) is 0 Å². The topological polar surface area (TPSA) is 61.4 Å². The first kappa shape index (κ1) is 21.0. The molecule has 1 aliphatic rings. The van der Waals surface area contributed by atoms with Gasteiger partial charge >= 0.3 is 0 Å². The highest BCUT2D eigenvalue weighted by Gasteiger charge is 2.17. The van der Waals surface area contributed by atoms with Gasteiger partial charge in [-0.15, -0.1) is 0 Å². The van der Waals surface area contributed by atoms with Crippen molar-refractivity contribution in [3.05, 3.63) is 70.8 Å². The third kappa shape index (κ3) is 6.41. The van der Waals surface area contributed by atoms with Gasteiger partial charge in [-0.25, -0.2) is 0 Å². The Labute approximate surface area is 180 Å². The molecule has 0 unspecified atom stereocenters. The van der Waals surface area contributed by atoms with Crippen molar-refractivity contribution in [3.63, 3.8) is 0 Å². The molecule has 2 aromatic rings. The molecule has 5 nitrogen and oxygen atoms in total. The summed E-state index contributed by atoms with van der Waals surface area (Å²) in [6, 6.07) is 14.2. The average Bonchev–Trinajstić information content (AvgIpc) is 2.74. The van der Waals surface area contributed by atoms with Gasteiger partial charge in [0.2, 0.25) is 5.91 Å². The van der Waals surface area contributed by atoms with Crippen molar-refractivity contribution >= 4 is 52.5 Å². The number of anilines is 1. The van der Waals surface area contributed by atoms with E-state index in [-0.39, 0.29) is 16.9 Å². The van der Waals surface area contributed by atoms with E-state index in [1.54, 1.807) is 42.5 Å². The van der Waals surface area contributed by atoms with Gasteiger partial charge in [0.15, 0.2) is 5.11 Å². The summed E-state index contributed by atoms with van der Waals surface area (Å²) in [6.45, 7) is 1.64. The Morgan fingerprint density at radius 1 is 0.966 bits per heavy atom. The molecule has 3 rings (SSSR count). The minimum Gasteiger partial charge on any atom is -0.339 e. The molecule has 0 bridgehead atoms. The zero-order chi connectivity index (χ0) is 20.6. The van der Waals surface area contributed by atoms with Crippen LogP contribution in [-0.2, 0) is 4.79 Å². The van der Waals surface area contributed by atoms with Crippen molar-refractivity contribution in [3.8, 4) is 0 Å². The van der Waals surface area contributed by atoms with E-state index < -0.39 is 0 Å². The van der Waals surface area contributed by atoms with Gasteiger partial charge in [0, 0.05) is 35.4 Å². The lowest BCUT2D eigenvalue weighted by molar-refractivity contribution is -0.115. The van der Waals surface area contributed by atoms with E-state index in [0.717, 1.165) is 31.5 Å². The van der Waals surface area contributed by atoms with Crippen LogP contribution in [0.2, 0.25) is 5.02 Å². The highest BCUT2D eigenvalue weighted by molar-refractivity contribution is 7.80. The summed E-state index contributed by atoms with van der Waals surface area (Å²) >= 11 is 11.0. The van der Waals surface area contributed by atoms with Gasteiger partial charge in [0.05, 0.1) is 0 Å². The van der Waals surface area contributed by atoms with Crippen molar-refractivity contribution in [2.24, 2.45) is 0 Å². The van der Waals surface area contributed by atoms with E-state index in [1.165, 1.54) is 12.5 Å². The molecule has 0 atom stereocenters. The van der Waals surface area contributed by atoms with E-state index >= 15 is 0 Å². The number of carbonyl (C=O) groups is 2. The summed E-state index contributed by atoms with van der Waals surface area (Å²) in [5, 5.41) is 6.37. The van der Waals surface area contributed by atoms with Crippen LogP contribution in [0.3, 0.4) is 0 Å². The first-order chi connectivity index (χ1) is 14.0. The Kier molecular flexibility index (Phi) is 7.38. The smallest absolute Gasteiger partial charge is 0.253 e. The molecule has 2 amide bonds. The largest absolute Gasteiger partial charge is 0.339 e. The van der Waals surface area contributed by atoms with Crippen molar-refractivity contribution in [1.82, 2.24) is 10.2 Å². The fraction of sp³-hybridized carbons (Fsp3) is 0.227. The summed E-state index contributed by atoms with van der Waals surface area (Å²) in [5.41, 5.74) is 2.21. The van der Waals surface area contributed by atoms with Gasteiger partial charge in [0.1, 0.15) is 0 Å². The Hall–Kier alpha value is -2.70. The summed E-state index contributed by atoms with van der Waals surface area (Å²) in [5.74, 6) is -0.284. The predicted molar refractivity (Wildman–Crippen MR) is 121 cm³/mol. The highest BCUT2D eigenvalue weighted by atomic mass is 35.5. The number of piperidine rings is 1. The minimum absolute atomic E-state index is 0.0551. The van der Waals surface area contributed by atoms with Crippen molar-refractivity contribution < 1.29 is 9.59 Å². The lowest BCUT2D eigenvalue weighted by atomic mass is 10.1. The van der Waals surface area contributed by atoms with Crippen LogP contribution in [0.15, 0.2) is 54.6 Å². The second kappa shape index (κ2) is 10.2. The van der Waals surface area contributed by atoms with Crippen molar-refractivity contribution in [2.75, 3.05) is 18.4 Å². The maximum absolute atomic E-state index is 12.5. The van der Waals surface area contributed by atoms with E-state index in [4.69, 9.17) is 23.8 Å². The van der Waals surface area contributed by atoms with E-state index in [9.17, 15) is 9.59 Å². The third-order valence-electron chi connectivity index (χ3n) is 4.57. The van der Waals surface area contributed by atoms with Crippen LogP contribution in [0.25, 0.3) is 6.08 Å². The SMILES string of the molecule is O=C(/C=C/c1ccc(Cl)cc1)NC(=S)Nc1ccc(C(=O)N2CCCCC2)cc1. The lowest BCUT2D eigenvalue weighted by Gasteiger charge is -2.26. The average molecular weight is 428 g/mol. The second-order valence-corrected chi connectivity index (χ2v) is 7.60. The summed E-state index contributed by atoms with van der Waals surface area (Å²) in [7, 11) is 0. The maximum Gasteiger partial charge on any atom is 0.253 e.